The number of aliphatic hydroxyl groups is 6. The van der Waals surface area contributed by atoms with Gasteiger partial charge in [-0.2, -0.15) is 0 Å². The highest BCUT2D eigenvalue weighted by Gasteiger charge is 2.12. The Morgan fingerprint density at radius 2 is 1.00 bits per heavy atom. The van der Waals surface area contributed by atoms with Crippen LogP contribution in [-0.2, 0) is 0 Å². The minimum absolute atomic E-state index is 0.139. The molecule has 0 aliphatic carbocycles. The molecule has 3 unspecified atom stereocenters. The van der Waals surface area contributed by atoms with Crippen molar-refractivity contribution >= 4 is 0 Å². The predicted molar refractivity (Wildman–Crippen MR) is 45.0 cm³/mol. The molecule has 0 amide bonds. The Balaban J connectivity index is 0. The van der Waals surface area contributed by atoms with E-state index in [0.717, 1.165) is 0 Å². The van der Waals surface area contributed by atoms with Gasteiger partial charge in [-0.3, -0.25) is 0 Å². The van der Waals surface area contributed by atoms with Gasteiger partial charge >= 0.3 is 0 Å². The van der Waals surface area contributed by atoms with Gasteiger partial charge in [-0.25, -0.2) is 0 Å². The van der Waals surface area contributed by atoms with E-state index in [-0.39, 0.29) is 6.61 Å². The quantitative estimate of drug-likeness (QED) is 0.287. The van der Waals surface area contributed by atoms with Crippen LogP contribution in [-0.4, -0.2) is 68.8 Å². The van der Waals surface area contributed by atoms with Gasteiger partial charge in [-0.1, -0.05) is 0 Å². The lowest BCUT2D eigenvalue weighted by atomic mass is 10.2. The summed E-state index contributed by atoms with van der Waals surface area (Å²) in [6.45, 7) is 0.337. The fourth-order valence-electron chi connectivity index (χ4n) is 0.243. The fourth-order valence-corrected chi connectivity index (χ4v) is 0.243. The summed E-state index contributed by atoms with van der Waals surface area (Å²) in [6, 6.07) is 0. The molecule has 6 heteroatoms. The molecule has 13 heavy (non-hydrogen) atoms. The van der Waals surface area contributed by atoms with Crippen molar-refractivity contribution in [2.45, 2.75) is 25.2 Å². The Morgan fingerprint density at radius 3 is 1.08 bits per heavy atom. The summed E-state index contributed by atoms with van der Waals surface area (Å²) in [7, 11) is 0. The first-order valence-electron chi connectivity index (χ1n) is 3.86. The van der Waals surface area contributed by atoms with Gasteiger partial charge in [-0.15, -0.1) is 0 Å². The number of aliphatic hydroxyl groups excluding tert-OH is 6. The molecular formula is C7H18O6. The van der Waals surface area contributed by atoms with Gasteiger partial charge in [0.15, 0.2) is 0 Å². The second kappa shape index (κ2) is 9.85. The van der Waals surface area contributed by atoms with Crippen molar-refractivity contribution in [3.8, 4) is 0 Å². The van der Waals surface area contributed by atoms with Crippen molar-refractivity contribution in [1.29, 1.82) is 0 Å². The van der Waals surface area contributed by atoms with Gasteiger partial charge in [0.2, 0.25) is 0 Å². The second-order valence-corrected chi connectivity index (χ2v) is 2.53. The number of hydrogen-bond acceptors (Lipinski definition) is 6. The Morgan fingerprint density at radius 1 is 0.769 bits per heavy atom. The van der Waals surface area contributed by atoms with Crippen LogP contribution in [0.2, 0.25) is 0 Å². The highest BCUT2D eigenvalue weighted by molar-refractivity contribution is 4.62. The Labute approximate surface area is 76.7 Å². The van der Waals surface area contributed by atoms with E-state index < -0.39 is 31.5 Å². The van der Waals surface area contributed by atoms with Gasteiger partial charge in [0.05, 0.1) is 25.9 Å². The number of hydrogen-bond donors (Lipinski definition) is 6. The minimum Gasteiger partial charge on any atom is -0.394 e. The highest BCUT2D eigenvalue weighted by atomic mass is 16.4. The van der Waals surface area contributed by atoms with Gasteiger partial charge in [-0.05, 0) is 6.92 Å². The average molecular weight is 198 g/mol. The second-order valence-electron chi connectivity index (χ2n) is 2.53. The molecule has 0 spiro atoms. The average Bonchev–Trinajstić information content (AvgIpc) is 2.16. The van der Waals surface area contributed by atoms with Crippen LogP contribution in [0.5, 0.6) is 0 Å². The summed E-state index contributed by atoms with van der Waals surface area (Å²) in [4.78, 5) is 0. The van der Waals surface area contributed by atoms with Crippen molar-refractivity contribution in [2.24, 2.45) is 0 Å². The standard InChI is InChI=1S/C4H10O4.C3H8O2/c5-1-3(7)4(8)2-6;1-3(5)2-4/h3-8H,1-2H2;3-5H,2H2,1H3. The van der Waals surface area contributed by atoms with Crippen molar-refractivity contribution in [3.63, 3.8) is 0 Å². The lowest BCUT2D eigenvalue weighted by molar-refractivity contribution is -0.0388. The van der Waals surface area contributed by atoms with Gasteiger partial charge in [0, 0.05) is 0 Å². The normalized spacial score (nSPS) is 16.8. The molecule has 6 nitrogen and oxygen atoms in total. The lowest BCUT2D eigenvalue weighted by Crippen LogP contribution is -2.31. The van der Waals surface area contributed by atoms with Crippen LogP contribution in [0.3, 0.4) is 0 Å². The van der Waals surface area contributed by atoms with E-state index >= 15 is 0 Å². The largest absolute Gasteiger partial charge is 0.394 e. The first-order chi connectivity index (χ1) is 5.99. The van der Waals surface area contributed by atoms with E-state index in [0.29, 0.717) is 0 Å². The summed E-state index contributed by atoms with van der Waals surface area (Å²) in [5.41, 5.74) is 0. The molecule has 6 N–H and O–H groups in total. The molecule has 3 atom stereocenters. The summed E-state index contributed by atoms with van der Waals surface area (Å²) in [6.07, 6.45) is -3.00. The van der Waals surface area contributed by atoms with Gasteiger partial charge < -0.3 is 30.6 Å². The van der Waals surface area contributed by atoms with E-state index in [1.165, 1.54) is 6.92 Å². The van der Waals surface area contributed by atoms with E-state index in [9.17, 15) is 0 Å². The van der Waals surface area contributed by atoms with Crippen molar-refractivity contribution in [1.82, 2.24) is 0 Å². The molecule has 0 fully saturated rings. The minimum atomic E-state index is -1.22. The summed E-state index contributed by atoms with van der Waals surface area (Å²) < 4.78 is 0. The summed E-state index contributed by atoms with van der Waals surface area (Å²) >= 11 is 0. The third-order valence-electron chi connectivity index (χ3n) is 1.08. The molecule has 0 aliphatic rings. The third-order valence-corrected chi connectivity index (χ3v) is 1.08. The topological polar surface area (TPSA) is 121 Å². The monoisotopic (exact) mass is 198 g/mol. The molecule has 0 aromatic heterocycles. The SMILES string of the molecule is CC(O)CO.OCC(O)C(O)CO. The van der Waals surface area contributed by atoms with Crippen LogP contribution in [0.25, 0.3) is 0 Å². The van der Waals surface area contributed by atoms with Gasteiger partial charge in [0.1, 0.15) is 12.2 Å². The molecule has 0 bridgehead atoms. The third kappa shape index (κ3) is 11.8. The van der Waals surface area contributed by atoms with Crippen LogP contribution in [0.1, 0.15) is 6.92 Å². The van der Waals surface area contributed by atoms with E-state index in [4.69, 9.17) is 30.6 Å². The molecule has 0 heterocycles. The smallest absolute Gasteiger partial charge is 0.105 e. The molecule has 0 rings (SSSR count). The maximum atomic E-state index is 8.47. The lowest BCUT2D eigenvalue weighted by Gasteiger charge is -2.10. The summed E-state index contributed by atoms with van der Waals surface area (Å²) in [5.74, 6) is 0. The zero-order valence-electron chi connectivity index (χ0n) is 7.54. The van der Waals surface area contributed by atoms with Crippen LogP contribution in [0.15, 0.2) is 0 Å². The van der Waals surface area contributed by atoms with Gasteiger partial charge in [0.25, 0.3) is 0 Å². The molecule has 0 radical (unpaired) electrons. The molecule has 0 saturated carbocycles. The van der Waals surface area contributed by atoms with Crippen LogP contribution >= 0.6 is 0 Å². The van der Waals surface area contributed by atoms with Crippen molar-refractivity contribution in [3.05, 3.63) is 0 Å². The molecule has 0 aliphatic heterocycles. The fraction of sp³-hybridized carbons (Fsp3) is 1.00. The zero-order valence-corrected chi connectivity index (χ0v) is 7.54. The van der Waals surface area contributed by atoms with E-state index in [1.54, 1.807) is 0 Å². The Bertz CT molecular complexity index is 89.0. The number of rotatable bonds is 4. The van der Waals surface area contributed by atoms with Crippen molar-refractivity contribution in [2.75, 3.05) is 19.8 Å². The first kappa shape index (κ1) is 15.2. The Hall–Kier alpha value is -0.240. The first-order valence-corrected chi connectivity index (χ1v) is 3.86. The molecule has 0 aromatic rings. The molecule has 82 valence electrons. The molecular weight excluding hydrogens is 180 g/mol. The predicted octanol–water partition coefficient (Wildman–Crippen LogP) is -2.95. The maximum Gasteiger partial charge on any atom is 0.105 e. The van der Waals surface area contributed by atoms with Crippen LogP contribution in [0.4, 0.5) is 0 Å². The van der Waals surface area contributed by atoms with Crippen LogP contribution in [0, 0.1) is 0 Å². The highest BCUT2D eigenvalue weighted by Crippen LogP contribution is 1.88. The van der Waals surface area contributed by atoms with Crippen LogP contribution < -0.4 is 0 Å². The maximum absolute atomic E-state index is 8.47. The van der Waals surface area contributed by atoms with E-state index in [2.05, 4.69) is 0 Å². The molecule has 0 aromatic carbocycles. The van der Waals surface area contributed by atoms with Crippen molar-refractivity contribution < 1.29 is 30.6 Å². The van der Waals surface area contributed by atoms with E-state index in [1.807, 2.05) is 0 Å². The Kier molecular flexibility index (Phi) is 11.5. The summed E-state index contributed by atoms with van der Waals surface area (Å²) in [5, 5.41) is 49.2. The molecule has 0 saturated heterocycles. The zero-order chi connectivity index (χ0) is 10.9.